The molecule has 0 bridgehead atoms. The van der Waals surface area contributed by atoms with Gasteiger partial charge in [0.15, 0.2) is 0 Å². The molecule has 2 aromatic rings. The molecule has 1 aliphatic carbocycles. The third-order valence-corrected chi connectivity index (χ3v) is 6.43. The van der Waals surface area contributed by atoms with Gasteiger partial charge >= 0.3 is 0 Å². The molecule has 0 radical (unpaired) electrons. The molecule has 1 fully saturated rings. The lowest BCUT2D eigenvalue weighted by Gasteiger charge is -2.14. The van der Waals surface area contributed by atoms with Crippen LogP contribution >= 0.6 is 11.8 Å². The molecule has 0 saturated heterocycles. The smallest absolute Gasteiger partial charge is 0.238 e. The van der Waals surface area contributed by atoms with Crippen LogP contribution in [0.4, 0.5) is 5.69 Å². The minimum Gasteiger partial charge on any atom is -0.385 e. The van der Waals surface area contributed by atoms with E-state index in [-0.39, 0.29) is 11.7 Å². The maximum atomic E-state index is 12.5. The molecule has 5 heteroatoms. The van der Waals surface area contributed by atoms with E-state index in [1.54, 1.807) is 0 Å². The van der Waals surface area contributed by atoms with Gasteiger partial charge in [0, 0.05) is 17.5 Å². The highest BCUT2D eigenvalue weighted by Crippen LogP contribution is 2.47. The van der Waals surface area contributed by atoms with Crippen molar-refractivity contribution in [1.82, 2.24) is 0 Å². The van der Waals surface area contributed by atoms with Gasteiger partial charge in [-0.2, -0.15) is 4.51 Å². The van der Waals surface area contributed by atoms with E-state index in [1.807, 2.05) is 12.1 Å². The van der Waals surface area contributed by atoms with Gasteiger partial charge in [-0.3, -0.25) is 4.79 Å². The molecular formula is C26H34ClN3O. The van der Waals surface area contributed by atoms with Crippen molar-refractivity contribution in [2.24, 2.45) is 15.7 Å². The Balaban J connectivity index is 1.25. The average Bonchev–Trinajstić information content (AvgIpc) is 3.61. The number of nitrogens with zero attached hydrogens (tertiary/aromatic N) is 1. The number of hydrogen-bond acceptors (Lipinski definition) is 2. The lowest BCUT2D eigenvalue weighted by Crippen LogP contribution is -2.36. The number of amides is 1. The van der Waals surface area contributed by atoms with Crippen LogP contribution in [0.1, 0.15) is 68.9 Å². The Morgan fingerprint density at radius 2 is 1.35 bits per heavy atom. The Labute approximate surface area is 191 Å². The van der Waals surface area contributed by atoms with Crippen molar-refractivity contribution in [3.05, 3.63) is 65.7 Å². The number of unbranched alkanes of at least 4 members (excludes halogenated alkanes) is 6. The number of halogens is 1. The van der Waals surface area contributed by atoms with Gasteiger partial charge in [0.1, 0.15) is 11.3 Å². The van der Waals surface area contributed by atoms with Gasteiger partial charge in [0.25, 0.3) is 0 Å². The van der Waals surface area contributed by atoms with Crippen LogP contribution in [0.2, 0.25) is 0 Å². The zero-order chi connectivity index (χ0) is 21.9. The van der Waals surface area contributed by atoms with Crippen molar-refractivity contribution < 1.29 is 4.79 Å². The molecule has 4 nitrogen and oxygen atoms in total. The third kappa shape index (κ3) is 7.10. The van der Waals surface area contributed by atoms with Crippen LogP contribution in [-0.4, -0.2) is 11.7 Å². The minimum atomic E-state index is -0.706. The fraction of sp³-hybridized carbons (Fsp3) is 0.462. The lowest BCUT2D eigenvalue weighted by molar-refractivity contribution is -0.119. The van der Waals surface area contributed by atoms with Gasteiger partial charge in [0.05, 0.1) is 0 Å². The quantitative estimate of drug-likeness (QED) is 0.214. The monoisotopic (exact) mass is 439 g/mol. The first-order chi connectivity index (χ1) is 15.1. The molecule has 3 rings (SSSR count). The number of benzene rings is 2. The van der Waals surface area contributed by atoms with Gasteiger partial charge in [0.2, 0.25) is 5.91 Å². The van der Waals surface area contributed by atoms with Crippen molar-refractivity contribution >= 4 is 29.2 Å². The molecule has 0 atom stereocenters. The lowest BCUT2D eigenvalue weighted by atomic mass is 10.0. The SMILES string of the molecule is N/C(=N\Cl)C1(C(=O)Nc2ccc(CCCCCCCCCc3ccccc3)cc2)CC1. The minimum absolute atomic E-state index is 0.120. The molecule has 1 amide bonds. The van der Waals surface area contributed by atoms with Crippen molar-refractivity contribution in [2.45, 2.75) is 70.6 Å². The number of hydrogen-bond donors (Lipinski definition) is 2. The number of amidine groups is 1. The summed E-state index contributed by atoms with van der Waals surface area (Å²) in [7, 11) is 0. The van der Waals surface area contributed by atoms with Gasteiger partial charge < -0.3 is 11.1 Å². The molecule has 0 heterocycles. The second-order valence-electron chi connectivity index (χ2n) is 8.66. The molecule has 1 saturated carbocycles. The van der Waals surface area contributed by atoms with Crippen LogP contribution in [0.15, 0.2) is 59.1 Å². The van der Waals surface area contributed by atoms with Crippen molar-refractivity contribution in [1.29, 1.82) is 0 Å². The summed E-state index contributed by atoms with van der Waals surface area (Å²) in [5, 5.41) is 2.94. The van der Waals surface area contributed by atoms with Gasteiger partial charge in [-0.25, -0.2) is 0 Å². The largest absolute Gasteiger partial charge is 0.385 e. The number of nitrogens with two attached hydrogens (primary N) is 1. The molecule has 0 spiro atoms. The van der Waals surface area contributed by atoms with Gasteiger partial charge in [-0.05, 0) is 61.8 Å². The fourth-order valence-corrected chi connectivity index (χ4v) is 4.16. The van der Waals surface area contributed by atoms with Crippen LogP contribution in [0.5, 0.6) is 0 Å². The number of carbonyl (C=O) groups excluding carboxylic acids is 1. The number of rotatable bonds is 13. The molecular weight excluding hydrogens is 406 g/mol. The summed E-state index contributed by atoms with van der Waals surface area (Å²) in [5.41, 5.74) is 8.63. The number of anilines is 1. The fourth-order valence-electron chi connectivity index (χ4n) is 4.00. The molecule has 3 N–H and O–H groups in total. The number of carbonyl (C=O) groups is 1. The van der Waals surface area contributed by atoms with Crippen molar-refractivity contribution in [2.75, 3.05) is 5.32 Å². The highest BCUT2D eigenvalue weighted by atomic mass is 35.5. The summed E-state index contributed by atoms with van der Waals surface area (Å²) >= 11 is 5.45. The Bertz CT molecular complexity index is 845. The Kier molecular flexibility index (Phi) is 8.96. The normalized spacial score (nSPS) is 14.9. The van der Waals surface area contributed by atoms with Crippen LogP contribution < -0.4 is 11.1 Å². The van der Waals surface area contributed by atoms with Crippen molar-refractivity contribution in [3.8, 4) is 0 Å². The Morgan fingerprint density at radius 3 is 1.87 bits per heavy atom. The molecule has 2 aromatic carbocycles. The summed E-state index contributed by atoms with van der Waals surface area (Å²) in [6.07, 6.45) is 12.8. The molecule has 0 unspecified atom stereocenters. The van der Waals surface area contributed by atoms with Gasteiger partial charge in [-0.1, -0.05) is 74.6 Å². The molecule has 1 aliphatic rings. The number of aryl methyl sites for hydroxylation is 2. The zero-order valence-corrected chi connectivity index (χ0v) is 19.0. The second-order valence-corrected chi connectivity index (χ2v) is 8.83. The van der Waals surface area contributed by atoms with Crippen molar-refractivity contribution in [3.63, 3.8) is 0 Å². The van der Waals surface area contributed by atoms with Crippen LogP contribution in [-0.2, 0) is 17.6 Å². The highest BCUT2D eigenvalue weighted by Gasteiger charge is 2.53. The van der Waals surface area contributed by atoms with E-state index in [0.29, 0.717) is 12.8 Å². The zero-order valence-electron chi connectivity index (χ0n) is 18.3. The Morgan fingerprint density at radius 1 is 0.839 bits per heavy atom. The van der Waals surface area contributed by atoms with E-state index in [1.165, 1.54) is 62.5 Å². The van der Waals surface area contributed by atoms with Crippen LogP contribution in [0, 0.1) is 5.41 Å². The Hall–Kier alpha value is -2.33. The summed E-state index contributed by atoms with van der Waals surface area (Å²) in [4.78, 5) is 12.5. The van der Waals surface area contributed by atoms with E-state index >= 15 is 0 Å². The maximum Gasteiger partial charge on any atom is 0.238 e. The maximum absolute atomic E-state index is 12.5. The summed E-state index contributed by atoms with van der Waals surface area (Å²) in [6, 6.07) is 18.9. The first-order valence-electron chi connectivity index (χ1n) is 11.5. The second kappa shape index (κ2) is 11.9. The first kappa shape index (κ1) is 23.3. The van der Waals surface area contributed by atoms with E-state index < -0.39 is 5.41 Å². The van der Waals surface area contributed by atoms with Crippen LogP contribution in [0.25, 0.3) is 0 Å². The van der Waals surface area contributed by atoms with E-state index in [9.17, 15) is 4.79 Å². The topological polar surface area (TPSA) is 67.5 Å². The van der Waals surface area contributed by atoms with Crippen LogP contribution in [0.3, 0.4) is 0 Å². The molecule has 166 valence electrons. The predicted octanol–water partition coefficient (Wildman–Crippen LogP) is 6.43. The van der Waals surface area contributed by atoms with E-state index in [4.69, 9.17) is 17.5 Å². The van der Waals surface area contributed by atoms with E-state index in [2.05, 4.69) is 52.3 Å². The first-order valence-corrected chi connectivity index (χ1v) is 11.9. The summed E-state index contributed by atoms with van der Waals surface area (Å²) < 4.78 is 3.49. The summed E-state index contributed by atoms with van der Waals surface area (Å²) in [6.45, 7) is 0. The highest BCUT2D eigenvalue weighted by molar-refractivity contribution is 6.24. The standard InChI is InChI=1S/C26H34ClN3O/c27-30-24(28)26(19-20-26)25(31)29-23-17-15-22(16-18-23)14-8-5-3-1-2-4-7-11-21-12-9-6-10-13-21/h6,9-10,12-13,15-18H,1-5,7-8,11,14,19-20H2,(H2,28,30)(H,29,31). The molecule has 0 aromatic heterocycles. The van der Waals surface area contributed by atoms with E-state index in [0.717, 1.165) is 12.1 Å². The number of nitrogens with one attached hydrogen (secondary N) is 1. The molecule has 0 aliphatic heterocycles. The van der Waals surface area contributed by atoms with Gasteiger partial charge in [-0.15, -0.1) is 0 Å². The average molecular weight is 440 g/mol. The third-order valence-electron chi connectivity index (χ3n) is 6.25. The summed E-state index contributed by atoms with van der Waals surface area (Å²) in [5.74, 6) is 0.0883. The predicted molar refractivity (Wildman–Crippen MR) is 130 cm³/mol. The molecule has 31 heavy (non-hydrogen) atoms.